The van der Waals surface area contributed by atoms with E-state index >= 15 is 0 Å². The van der Waals surface area contributed by atoms with Gasteiger partial charge in [-0.1, -0.05) is 23.7 Å². The van der Waals surface area contributed by atoms with Gasteiger partial charge in [-0.15, -0.1) is 0 Å². The van der Waals surface area contributed by atoms with Crippen molar-refractivity contribution in [3.63, 3.8) is 0 Å². The van der Waals surface area contributed by atoms with Gasteiger partial charge < -0.3 is 14.4 Å². The molecular weight excluding hydrogens is 348 g/mol. The van der Waals surface area contributed by atoms with Gasteiger partial charge in [0.25, 0.3) is 0 Å². The summed E-state index contributed by atoms with van der Waals surface area (Å²) in [5.74, 6) is 1.89. The number of para-hydroxylation sites is 2. The fraction of sp³-hybridized carbons (Fsp3) is 0.381. The maximum atomic E-state index is 9.13. The average Bonchev–Trinajstić information content (AvgIpc) is 2.99. The highest BCUT2D eigenvalue weighted by Gasteiger charge is 2.10. The molecular formula is C21H25ClN2O2. The Morgan fingerprint density at radius 1 is 1.12 bits per heavy atom. The molecule has 0 radical (unpaired) electrons. The van der Waals surface area contributed by atoms with Crippen LogP contribution >= 0.6 is 11.6 Å². The summed E-state index contributed by atoms with van der Waals surface area (Å²) in [7, 11) is 0. The number of fused-ring (bicyclic) bond motifs is 1. The Hall–Kier alpha value is -2.04. The van der Waals surface area contributed by atoms with Crippen LogP contribution in [0.3, 0.4) is 0 Å². The number of benzene rings is 2. The molecule has 3 aromatic rings. The van der Waals surface area contributed by atoms with Gasteiger partial charge >= 0.3 is 0 Å². The number of aryl methyl sites for hydroxylation is 4. The summed E-state index contributed by atoms with van der Waals surface area (Å²) in [6, 6.07) is 12.1. The standard InChI is InChI=1S/C21H25ClN2O2/c1-15-13-17(14-16(2)21(15)22)26-12-6-10-24-19-8-4-3-7-18(19)23-20(24)9-5-11-25/h3-4,7-8,13-14,25H,5-6,9-12H2,1-2H3. The molecule has 0 saturated carbocycles. The van der Waals surface area contributed by atoms with Gasteiger partial charge in [0.15, 0.2) is 0 Å². The van der Waals surface area contributed by atoms with Gasteiger partial charge in [0.1, 0.15) is 11.6 Å². The summed E-state index contributed by atoms with van der Waals surface area (Å²) in [6.45, 7) is 5.64. The zero-order chi connectivity index (χ0) is 18.5. The minimum absolute atomic E-state index is 0.182. The van der Waals surface area contributed by atoms with Crippen LogP contribution in [0.25, 0.3) is 11.0 Å². The normalized spacial score (nSPS) is 11.2. The summed E-state index contributed by atoms with van der Waals surface area (Å²) in [5.41, 5.74) is 4.21. The number of aliphatic hydroxyl groups excluding tert-OH is 1. The molecule has 0 saturated heterocycles. The lowest BCUT2D eigenvalue weighted by atomic mass is 10.1. The lowest BCUT2D eigenvalue weighted by Crippen LogP contribution is -2.08. The summed E-state index contributed by atoms with van der Waals surface area (Å²) >= 11 is 6.21. The molecule has 5 heteroatoms. The second kappa shape index (κ2) is 8.56. The van der Waals surface area contributed by atoms with Crippen molar-refractivity contribution in [3.05, 3.63) is 58.4 Å². The highest BCUT2D eigenvalue weighted by Crippen LogP contribution is 2.26. The van der Waals surface area contributed by atoms with E-state index in [0.717, 1.165) is 64.6 Å². The lowest BCUT2D eigenvalue weighted by molar-refractivity contribution is 0.285. The predicted molar refractivity (Wildman–Crippen MR) is 106 cm³/mol. The van der Waals surface area contributed by atoms with E-state index in [4.69, 9.17) is 26.4 Å². The molecule has 0 unspecified atom stereocenters. The summed E-state index contributed by atoms with van der Waals surface area (Å²) in [4.78, 5) is 4.72. The molecule has 0 spiro atoms. The van der Waals surface area contributed by atoms with Crippen LogP contribution in [0, 0.1) is 13.8 Å². The van der Waals surface area contributed by atoms with Crippen molar-refractivity contribution >= 4 is 22.6 Å². The Labute approximate surface area is 159 Å². The number of rotatable bonds is 8. The number of nitrogens with zero attached hydrogens (tertiary/aromatic N) is 2. The third kappa shape index (κ3) is 4.19. The van der Waals surface area contributed by atoms with E-state index in [2.05, 4.69) is 10.6 Å². The van der Waals surface area contributed by atoms with Gasteiger partial charge in [-0.05, 0) is 62.1 Å². The van der Waals surface area contributed by atoms with Gasteiger partial charge in [-0.2, -0.15) is 0 Å². The Morgan fingerprint density at radius 3 is 2.58 bits per heavy atom. The Balaban J connectivity index is 1.66. The third-order valence-corrected chi connectivity index (χ3v) is 5.09. The highest BCUT2D eigenvalue weighted by atomic mass is 35.5. The molecule has 0 aliphatic heterocycles. The number of aliphatic hydroxyl groups is 1. The number of halogens is 1. The number of hydrogen-bond acceptors (Lipinski definition) is 3. The van der Waals surface area contributed by atoms with Crippen molar-refractivity contribution in [2.45, 2.75) is 39.7 Å². The van der Waals surface area contributed by atoms with Gasteiger partial charge in [-0.3, -0.25) is 0 Å². The summed E-state index contributed by atoms with van der Waals surface area (Å²) < 4.78 is 8.16. The smallest absolute Gasteiger partial charge is 0.119 e. The Morgan fingerprint density at radius 2 is 1.85 bits per heavy atom. The van der Waals surface area contributed by atoms with Crippen LogP contribution in [0.4, 0.5) is 0 Å². The maximum Gasteiger partial charge on any atom is 0.119 e. The predicted octanol–water partition coefficient (Wildman–Crippen LogP) is 4.70. The van der Waals surface area contributed by atoms with Gasteiger partial charge in [0.2, 0.25) is 0 Å². The van der Waals surface area contributed by atoms with Crippen LogP contribution < -0.4 is 4.74 Å². The molecule has 0 aliphatic rings. The molecule has 4 nitrogen and oxygen atoms in total. The number of imidazole rings is 1. The van der Waals surface area contributed by atoms with Crippen molar-refractivity contribution in [2.24, 2.45) is 0 Å². The number of aromatic nitrogens is 2. The molecule has 0 fully saturated rings. The highest BCUT2D eigenvalue weighted by molar-refractivity contribution is 6.32. The largest absolute Gasteiger partial charge is 0.494 e. The Kier molecular flexibility index (Phi) is 6.17. The fourth-order valence-electron chi connectivity index (χ4n) is 3.21. The Bertz CT molecular complexity index is 866. The zero-order valence-electron chi connectivity index (χ0n) is 15.3. The topological polar surface area (TPSA) is 47.3 Å². The second-order valence-electron chi connectivity index (χ2n) is 6.57. The molecule has 1 aromatic heterocycles. The first-order valence-corrected chi connectivity index (χ1v) is 9.42. The van der Waals surface area contributed by atoms with Gasteiger partial charge in [-0.25, -0.2) is 4.98 Å². The van der Waals surface area contributed by atoms with Crippen molar-refractivity contribution in [1.29, 1.82) is 0 Å². The number of hydrogen-bond donors (Lipinski definition) is 1. The fourth-order valence-corrected chi connectivity index (χ4v) is 3.31. The molecule has 1 heterocycles. The van der Waals surface area contributed by atoms with E-state index in [1.807, 2.05) is 44.2 Å². The first kappa shape index (κ1) is 18.7. The SMILES string of the molecule is Cc1cc(OCCCn2c(CCCO)nc3ccccc32)cc(C)c1Cl. The van der Waals surface area contributed by atoms with Crippen LogP contribution in [0.15, 0.2) is 36.4 Å². The van der Waals surface area contributed by atoms with Crippen molar-refractivity contribution in [1.82, 2.24) is 9.55 Å². The first-order chi connectivity index (χ1) is 12.6. The van der Waals surface area contributed by atoms with Crippen molar-refractivity contribution in [3.8, 4) is 5.75 Å². The monoisotopic (exact) mass is 372 g/mol. The van der Waals surface area contributed by atoms with Crippen molar-refractivity contribution < 1.29 is 9.84 Å². The molecule has 0 amide bonds. The minimum Gasteiger partial charge on any atom is -0.494 e. The molecule has 26 heavy (non-hydrogen) atoms. The molecule has 2 aromatic carbocycles. The molecule has 0 atom stereocenters. The summed E-state index contributed by atoms with van der Waals surface area (Å²) in [6.07, 6.45) is 2.39. The lowest BCUT2D eigenvalue weighted by Gasteiger charge is -2.12. The van der Waals surface area contributed by atoms with E-state index in [0.29, 0.717) is 6.61 Å². The molecule has 3 rings (SSSR count). The molecule has 0 bridgehead atoms. The quantitative estimate of drug-likeness (QED) is 0.583. The van der Waals surface area contributed by atoms with Crippen molar-refractivity contribution in [2.75, 3.05) is 13.2 Å². The molecule has 1 N–H and O–H groups in total. The van der Waals surface area contributed by atoms with Crippen LogP contribution in [-0.4, -0.2) is 27.9 Å². The zero-order valence-corrected chi connectivity index (χ0v) is 16.1. The van der Waals surface area contributed by atoms with Crippen LogP contribution in [0.2, 0.25) is 5.02 Å². The van der Waals surface area contributed by atoms with E-state index in [9.17, 15) is 0 Å². The maximum absolute atomic E-state index is 9.13. The molecule has 0 aliphatic carbocycles. The first-order valence-electron chi connectivity index (χ1n) is 9.04. The number of ether oxygens (including phenoxy) is 1. The average molecular weight is 373 g/mol. The van der Waals surface area contributed by atoms with E-state index < -0.39 is 0 Å². The van der Waals surface area contributed by atoms with Crippen LogP contribution in [-0.2, 0) is 13.0 Å². The second-order valence-corrected chi connectivity index (χ2v) is 6.95. The van der Waals surface area contributed by atoms with E-state index in [-0.39, 0.29) is 6.61 Å². The van der Waals surface area contributed by atoms with Crippen LogP contribution in [0.1, 0.15) is 29.8 Å². The summed E-state index contributed by atoms with van der Waals surface area (Å²) in [5, 5.41) is 9.93. The molecule has 138 valence electrons. The third-order valence-electron chi connectivity index (χ3n) is 4.50. The minimum atomic E-state index is 0.182. The van der Waals surface area contributed by atoms with E-state index in [1.165, 1.54) is 0 Å². The van der Waals surface area contributed by atoms with Gasteiger partial charge in [0, 0.05) is 24.6 Å². The van der Waals surface area contributed by atoms with Gasteiger partial charge in [0.05, 0.1) is 17.6 Å². The van der Waals surface area contributed by atoms with Crippen LogP contribution in [0.5, 0.6) is 5.75 Å². The van der Waals surface area contributed by atoms with E-state index in [1.54, 1.807) is 0 Å².